The van der Waals surface area contributed by atoms with E-state index in [1.807, 2.05) is 60.7 Å². The van der Waals surface area contributed by atoms with Crippen LogP contribution in [0.1, 0.15) is 23.0 Å². The summed E-state index contributed by atoms with van der Waals surface area (Å²) in [5.41, 5.74) is 1.54. The summed E-state index contributed by atoms with van der Waals surface area (Å²) in [4.78, 5) is 25.5. The molecule has 1 aliphatic carbocycles. The first kappa shape index (κ1) is 21.7. The van der Waals surface area contributed by atoms with Gasteiger partial charge in [-0.2, -0.15) is 0 Å². The lowest BCUT2D eigenvalue weighted by atomic mass is 9.52. The topological polar surface area (TPSA) is 63.6 Å². The normalized spacial score (nSPS) is 22.4. The van der Waals surface area contributed by atoms with Gasteiger partial charge in [-0.25, -0.2) is 0 Å². The molecule has 4 nitrogen and oxygen atoms in total. The molecule has 4 rings (SSSR count). The molecule has 0 aliphatic heterocycles. The highest BCUT2D eigenvalue weighted by Crippen LogP contribution is 2.58. The van der Waals surface area contributed by atoms with Gasteiger partial charge in [0.1, 0.15) is 5.02 Å². The summed E-state index contributed by atoms with van der Waals surface area (Å²) in [5, 5.41) is 10.4. The second-order valence-electron chi connectivity index (χ2n) is 7.36. The summed E-state index contributed by atoms with van der Waals surface area (Å²) in [5.74, 6) is -4.02. The first-order chi connectivity index (χ1) is 14.9. The van der Waals surface area contributed by atoms with Crippen LogP contribution in [0.5, 0.6) is 5.75 Å². The van der Waals surface area contributed by atoms with Crippen LogP contribution < -0.4 is 4.74 Å². The molecule has 7 heteroatoms. The summed E-state index contributed by atoms with van der Waals surface area (Å²) < 4.78 is 5.61. The van der Waals surface area contributed by atoms with Crippen LogP contribution in [0.15, 0.2) is 72.8 Å². The molecule has 3 aromatic carbocycles. The van der Waals surface area contributed by atoms with Crippen LogP contribution in [0.25, 0.3) is 0 Å². The molecule has 0 heterocycles. The van der Waals surface area contributed by atoms with E-state index >= 15 is 0 Å². The average Bonchev–Trinajstić information content (AvgIpc) is 2.75. The molecule has 1 saturated carbocycles. The van der Waals surface area contributed by atoms with E-state index in [4.69, 9.17) is 39.5 Å². The third-order valence-corrected chi connectivity index (χ3v) is 6.96. The summed E-state index contributed by atoms with van der Waals surface area (Å²) in [7, 11) is 0. The number of carbonyl (C=O) groups excluding carboxylic acids is 1. The first-order valence-corrected chi connectivity index (χ1v) is 10.7. The SMILES string of the molecule is O=C(O)C1[C@H](c2ccccc2)C(C(=O)Oc2ccc(Cl)c(Cl)c2Cl)[C@H]1c1ccccc1. The van der Waals surface area contributed by atoms with E-state index in [1.54, 1.807) is 0 Å². The zero-order valence-electron chi connectivity index (χ0n) is 16.0. The van der Waals surface area contributed by atoms with Crippen LogP contribution in [0.2, 0.25) is 15.1 Å². The highest BCUT2D eigenvalue weighted by Gasteiger charge is 2.59. The molecular formula is C24H17Cl3O4. The number of esters is 1. The Kier molecular flexibility index (Phi) is 6.24. The Morgan fingerprint density at radius 3 is 1.71 bits per heavy atom. The van der Waals surface area contributed by atoms with Gasteiger partial charge in [0, 0.05) is 11.8 Å². The smallest absolute Gasteiger partial charge is 0.315 e. The summed E-state index contributed by atoms with van der Waals surface area (Å²) in [6.07, 6.45) is 0. The molecule has 1 aliphatic rings. The molecule has 0 amide bonds. The third-order valence-electron chi connectivity index (χ3n) is 5.68. The fourth-order valence-corrected chi connectivity index (χ4v) is 4.86. The van der Waals surface area contributed by atoms with Gasteiger partial charge in [-0.15, -0.1) is 0 Å². The highest BCUT2D eigenvalue weighted by atomic mass is 35.5. The van der Waals surface area contributed by atoms with E-state index in [9.17, 15) is 14.7 Å². The van der Waals surface area contributed by atoms with Crippen LogP contribution >= 0.6 is 34.8 Å². The number of hydrogen-bond donors (Lipinski definition) is 1. The van der Waals surface area contributed by atoms with Crippen LogP contribution in [-0.2, 0) is 9.59 Å². The van der Waals surface area contributed by atoms with Crippen LogP contribution in [0.4, 0.5) is 0 Å². The molecule has 1 N–H and O–H groups in total. The van der Waals surface area contributed by atoms with Gasteiger partial charge in [0.2, 0.25) is 0 Å². The second kappa shape index (κ2) is 8.91. The lowest BCUT2D eigenvalue weighted by molar-refractivity contribution is -0.158. The van der Waals surface area contributed by atoms with Crippen molar-refractivity contribution in [3.63, 3.8) is 0 Å². The Bertz CT molecular complexity index is 1070. The number of aliphatic carboxylic acids is 1. The van der Waals surface area contributed by atoms with Crippen molar-refractivity contribution in [1.29, 1.82) is 0 Å². The number of carboxylic acids is 1. The molecular weight excluding hydrogens is 459 g/mol. The Morgan fingerprint density at radius 1 is 0.710 bits per heavy atom. The zero-order chi connectivity index (χ0) is 22.1. The van der Waals surface area contributed by atoms with E-state index < -0.39 is 35.6 Å². The Balaban J connectivity index is 1.74. The van der Waals surface area contributed by atoms with Gasteiger partial charge in [-0.1, -0.05) is 95.5 Å². The molecule has 0 unspecified atom stereocenters. The Labute approximate surface area is 194 Å². The molecule has 158 valence electrons. The van der Waals surface area contributed by atoms with Crippen molar-refractivity contribution in [3.8, 4) is 5.75 Å². The highest BCUT2D eigenvalue weighted by molar-refractivity contribution is 6.48. The standard InChI is InChI=1S/C24H17Cl3O4/c25-15-11-12-16(22(27)21(15)26)31-24(30)20-17(13-7-3-1-4-8-13)19(23(28)29)18(20)14-9-5-2-6-10-14/h1-12,17-20H,(H,28,29)/t17-,18-,19?,20?/m0/s1. The van der Waals surface area contributed by atoms with E-state index in [2.05, 4.69) is 0 Å². The van der Waals surface area contributed by atoms with E-state index in [1.165, 1.54) is 12.1 Å². The fourth-order valence-electron chi connectivity index (χ4n) is 4.29. The van der Waals surface area contributed by atoms with Crippen molar-refractivity contribution < 1.29 is 19.4 Å². The maximum Gasteiger partial charge on any atom is 0.315 e. The maximum atomic E-state index is 13.3. The number of hydrogen-bond acceptors (Lipinski definition) is 3. The van der Waals surface area contributed by atoms with E-state index in [0.29, 0.717) is 0 Å². The second-order valence-corrected chi connectivity index (χ2v) is 8.52. The van der Waals surface area contributed by atoms with Crippen molar-refractivity contribution >= 4 is 46.7 Å². The molecule has 0 spiro atoms. The van der Waals surface area contributed by atoms with Gasteiger partial charge < -0.3 is 9.84 Å². The fraction of sp³-hybridized carbons (Fsp3) is 0.167. The number of carbonyl (C=O) groups is 2. The maximum absolute atomic E-state index is 13.3. The molecule has 1 fully saturated rings. The Morgan fingerprint density at radius 2 is 1.23 bits per heavy atom. The number of ether oxygens (including phenoxy) is 1. The summed E-state index contributed by atoms with van der Waals surface area (Å²) in [6, 6.07) is 21.2. The minimum atomic E-state index is -0.959. The van der Waals surface area contributed by atoms with Gasteiger partial charge >= 0.3 is 11.9 Å². The average molecular weight is 476 g/mol. The predicted molar refractivity (Wildman–Crippen MR) is 120 cm³/mol. The lowest BCUT2D eigenvalue weighted by Gasteiger charge is -2.49. The third kappa shape index (κ3) is 4.03. The van der Waals surface area contributed by atoms with Gasteiger partial charge in [0.15, 0.2) is 5.75 Å². The van der Waals surface area contributed by atoms with Crippen LogP contribution in [0, 0.1) is 11.8 Å². The van der Waals surface area contributed by atoms with Gasteiger partial charge in [0.25, 0.3) is 0 Å². The molecule has 0 radical (unpaired) electrons. The van der Waals surface area contributed by atoms with Crippen molar-refractivity contribution in [1.82, 2.24) is 0 Å². The molecule has 2 atom stereocenters. The number of halogens is 3. The minimum absolute atomic E-state index is 0.0316. The Hall–Kier alpha value is -2.53. The van der Waals surface area contributed by atoms with Gasteiger partial charge in [0.05, 0.1) is 21.9 Å². The van der Waals surface area contributed by atoms with E-state index in [-0.39, 0.29) is 20.8 Å². The van der Waals surface area contributed by atoms with Crippen LogP contribution in [0.3, 0.4) is 0 Å². The summed E-state index contributed by atoms with van der Waals surface area (Å²) >= 11 is 18.2. The summed E-state index contributed by atoms with van der Waals surface area (Å²) in [6.45, 7) is 0. The monoisotopic (exact) mass is 474 g/mol. The van der Waals surface area contributed by atoms with Crippen molar-refractivity contribution in [3.05, 3.63) is 99.0 Å². The molecule has 0 bridgehead atoms. The van der Waals surface area contributed by atoms with Crippen molar-refractivity contribution in [2.45, 2.75) is 11.8 Å². The van der Waals surface area contributed by atoms with Crippen LogP contribution in [-0.4, -0.2) is 17.0 Å². The van der Waals surface area contributed by atoms with Gasteiger partial charge in [-0.3, -0.25) is 9.59 Å². The lowest BCUT2D eigenvalue weighted by Crippen LogP contribution is -2.52. The number of rotatable bonds is 5. The number of benzene rings is 3. The largest absolute Gasteiger partial charge is 0.481 e. The molecule has 31 heavy (non-hydrogen) atoms. The van der Waals surface area contributed by atoms with E-state index in [0.717, 1.165) is 11.1 Å². The minimum Gasteiger partial charge on any atom is -0.481 e. The zero-order valence-corrected chi connectivity index (χ0v) is 18.3. The van der Waals surface area contributed by atoms with Crippen molar-refractivity contribution in [2.24, 2.45) is 11.8 Å². The molecule has 0 saturated heterocycles. The quantitative estimate of drug-likeness (QED) is 0.262. The van der Waals surface area contributed by atoms with Gasteiger partial charge in [-0.05, 0) is 23.3 Å². The first-order valence-electron chi connectivity index (χ1n) is 9.58. The molecule has 0 aromatic heterocycles. The molecule has 3 aromatic rings. The predicted octanol–water partition coefficient (Wildman–Crippen LogP) is 6.45. The number of carboxylic acid groups (broad SMARTS) is 1. The van der Waals surface area contributed by atoms with Crippen molar-refractivity contribution in [2.75, 3.05) is 0 Å².